The van der Waals surface area contributed by atoms with Crippen LogP contribution >= 0.6 is 0 Å². The fourth-order valence-corrected chi connectivity index (χ4v) is 3.90. The second-order valence-electron chi connectivity index (χ2n) is 9.77. The van der Waals surface area contributed by atoms with Crippen LogP contribution in [-0.2, 0) is 15.6 Å². The fourth-order valence-electron chi connectivity index (χ4n) is 3.90. The number of ether oxygens (including phenoxy) is 1. The van der Waals surface area contributed by atoms with Gasteiger partial charge in [0.05, 0.1) is 24.9 Å². The lowest BCUT2D eigenvalue weighted by molar-refractivity contribution is 0.0232. The summed E-state index contributed by atoms with van der Waals surface area (Å²) in [7, 11) is 0. The van der Waals surface area contributed by atoms with Crippen LogP contribution in [0.4, 0.5) is 0 Å². The van der Waals surface area contributed by atoms with Crippen molar-refractivity contribution in [3.8, 4) is 5.75 Å². The molecule has 0 saturated carbocycles. The fraction of sp³-hybridized carbons (Fsp3) is 0.542. The van der Waals surface area contributed by atoms with Crippen molar-refractivity contribution in [3.63, 3.8) is 0 Å². The third-order valence-corrected chi connectivity index (χ3v) is 5.44. The summed E-state index contributed by atoms with van der Waals surface area (Å²) < 4.78 is 5.59. The molecule has 1 atom stereocenters. The summed E-state index contributed by atoms with van der Waals surface area (Å²) in [5.74, 6) is 0.422. The average molecular weight is 383 g/mol. The number of aromatic hydroxyl groups is 1. The molecule has 2 heterocycles. The Bertz CT molecular complexity index is 763. The minimum atomic E-state index is -0.153. The molecule has 1 N–H and O–H groups in total. The zero-order valence-electron chi connectivity index (χ0n) is 18.1. The summed E-state index contributed by atoms with van der Waals surface area (Å²) in [5, 5.41) is 11.1. The molecule has 1 aromatic carbocycles. The Balaban J connectivity index is 2.21. The van der Waals surface area contributed by atoms with E-state index in [1.165, 1.54) is 5.56 Å². The van der Waals surface area contributed by atoms with Crippen molar-refractivity contribution >= 4 is 0 Å². The van der Waals surface area contributed by atoms with E-state index in [1.807, 2.05) is 18.3 Å². The van der Waals surface area contributed by atoms with Crippen molar-refractivity contribution in [1.82, 2.24) is 9.88 Å². The minimum Gasteiger partial charge on any atom is -0.507 e. The van der Waals surface area contributed by atoms with Gasteiger partial charge in [-0.15, -0.1) is 0 Å². The van der Waals surface area contributed by atoms with Crippen molar-refractivity contribution in [2.24, 2.45) is 0 Å². The largest absolute Gasteiger partial charge is 0.507 e. The molecular weight excluding hydrogens is 348 g/mol. The first-order valence-electron chi connectivity index (χ1n) is 10.2. The van der Waals surface area contributed by atoms with Gasteiger partial charge in [0.15, 0.2) is 0 Å². The first kappa shape index (κ1) is 20.8. The number of phenolic OH excluding ortho intramolecular Hbond substituents is 1. The van der Waals surface area contributed by atoms with E-state index in [4.69, 9.17) is 9.72 Å². The molecule has 0 aliphatic carbocycles. The second kappa shape index (κ2) is 7.84. The van der Waals surface area contributed by atoms with E-state index >= 15 is 0 Å². The quantitative estimate of drug-likeness (QED) is 0.828. The Morgan fingerprint density at radius 3 is 2.00 bits per heavy atom. The van der Waals surface area contributed by atoms with Crippen molar-refractivity contribution < 1.29 is 9.84 Å². The number of benzene rings is 1. The summed E-state index contributed by atoms with van der Waals surface area (Å²) in [4.78, 5) is 7.13. The van der Waals surface area contributed by atoms with Gasteiger partial charge in [-0.3, -0.25) is 9.88 Å². The number of nitrogens with zero attached hydrogens (tertiary/aromatic N) is 2. The Kier molecular flexibility index (Phi) is 5.83. The Morgan fingerprint density at radius 1 is 0.964 bits per heavy atom. The molecule has 0 spiro atoms. The molecule has 4 nitrogen and oxygen atoms in total. The minimum absolute atomic E-state index is 0.0490. The molecular formula is C24H34N2O2. The molecule has 0 bridgehead atoms. The molecule has 0 unspecified atom stereocenters. The van der Waals surface area contributed by atoms with Gasteiger partial charge in [-0.2, -0.15) is 0 Å². The molecule has 1 aliphatic rings. The lowest BCUT2D eigenvalue weighted by Gasteiger charge is -2.36. The molecule has 28 heavy (non-hydrogen) atoms. The van der Waals surface area contributed by atoms with Crippen LogP contribution in [-0.4, -0.2) is 41.3 Å². The summed E-state index contributed by atoms with van der Waals surface area (Å²) in [5.41, 5.74) is 3.90. The molecule has 1 saturated heterocycles. The monoisotopic (exact) mass is 382 g/mol. The molecule has 3 rings (SSSR count). The van der Waals surface area contributed by atoms with Gasteiger partial charge < -0.3 is 9.84 Å². The maximum Gasteiger partial charge on any atom is 0.123 e. The number of pyridine rings is 1. The molecule has 2 aromatic rings. The third-order valence-electron chi connectivity index (χ3n) is 5.44. The summed E-state index contributed by atoms with van der Waals surface area (Å²) in [6, 6.07) is 10.5. The van der Waals surface area contributed by atoms with Crippen LogP contribution in [0.3, 0.4) is 0 Å². The normalized spacial score (nSPS) is 17.5. The van der Waals surface area contributed by atoms with Gasteiger partial charge in [0.2, 0.25) is 0 Å². The highest BCUT2D eigenvalue weighted by molar-refractivity contribution is 5.51. The molecule has 0 amide bonds. The standard InChI is InChI=1S/C24H34N2O2/c1-23(2,3)18-15-17(16-19(22(18)27)24(4,5)6)21(20-9-7-8-10-25-20)26-11-13-28-14-12-26/h7-10,15-16,21,27H,11-14H2,1-6H3/t21-/m1/s1. The first-order chi connectivity index (χ1) is 13.1. The van der Waals surface area contributed by atoms with Gasteiger partial charge in [0, 0.05) is 19.3 Å². The van der Waals surface area contributed by atoms with E-state index in [2.05, 4.69) is 64.6 Å². The number of rotatable bonds is 3. The van der Waals surface area contributed by atoms with Crippen LogP contribution in [0.5, 0.6) is 5.75 Å². The van der Waals surface area contributed by atoms with E-state index in [-0.39, 0.29) is 16.9 Å². The molecule has 1 fully saturated rings. The number of phenols is 1. The van der Waals surface area contributed by atoms with E-state index < -0.39 is 0 Å². The summed E-state index contributed by atoms with van der Waals surface area (Å²) in [6.45, 7) is 16.2. The highest BCUT2D eigenvalue weighted by Crippen LogP contribution is 2.42. The highest BCUT2D eigenvalue weighted by Gasteiger charge is 2.31. The lowest BCUT2D eigenvalue weighted by atomic mass is 9.77. The second-order valence-corrected chi connectivity index (χ2v) is 9.77. The third kappa shape index (κ3) is 4.39. The Hall–Kier alpha value is -1.91. The van der Waals surface area contributed by atoms with Crippen LogP contribution in [0.15, 0.2) is 36.5 Å². The molecule has 0 radical (unpaired) electrons. The van der Waals surface area contributed by atoms with Crippen molar-refractivity contribution in [1.29, 1.82) is 0 Å². The van der Waals surface area contributed by atoms with Gasteiger partial charge in [-0.1, -0.05) is 47.6 Å². The van der Waals surface area contributed by atoms with Crippen LogP contribution < -0.4 is 0 Å². The lowest BCUT2D eigenvalue weighted by Crippen LogP contribution is -2.40. The average Bonchev–Trinajstić information content (AvgIpc) is 2.63. The van der Waals surface area contributed by atoms with Gasteiger partial charge in [0.1, 0.15) is 5.75 Å². The van der Waals surface area contributed by atoms with Gasteiger partial charge in [-0.05, 0) is 51.8 Å². The predicted octanol–water partition coefficient (Wildman–Crippen LogP) is 4.80. The molecule has 152 valence electrons. The smallest absolute Gasteiger partial charge is 0.123 e. The summed E-state index contributed by atoms with van der Waals surface area (Å²) >= 11 is 0. The SMILES string of the molecule is CC(C)(C)c1cc([C@H](c2ccccn2)N2CCOCC2)cc(C(C)(C)C)c1O. The first-order valence-corrected chi connectivity index (χ1v) is 10.2. The maximum absolute atomic E-state index is 11.1. The van der Waals surface area contributed by atoms with Crippen molar-refractivity contribution in [3.05, 3.63) is 58.9 Å². The number of morpholine rings is 1. The van der Waals surface area contributed by atoms with Gasteiger partial charge in [0.25, 0.3) is 0 Å². The van der Waals surface area contributed by atoms with Crippen LogP contribution in [0, 0.1) is 0 Å². The molecule has 1 aromatic heterocycles. The van der Waals surface area contributed by atoms with E-state index in [1.54, 1.807) is 0 Å². The van der Waals surface area contributed by atoms with Crippen LogP contribution in [0.25, 0.3) is 0 Å². The summed E-state index contributed by atoms with van der Waals surface area (Å²) in [6.07, 6.45) is 1.86. The topological polar surface area (TPSA) is 45.6 Å². The van der Waals surface area contributed by atoms with E-state index in [0.29, 0.717) is 5.75 Å². The van der Waals surface area contributed by atoms with Crippen molar-refractivity contribution in [2.45, 2.75) is 58.4 Å². The van der Waals surface area contributed by atoms with Crippen molar-refractivity contribution in [2.75, 3.05) is 26.3 Å². The van der Waals surface area contributed by atoms with E-state index in [0.717, 1.165) is 43.1 Å². The number of aromatic nitrogens is 1. The van der Waals surface area contributed by atoms with Crippen LogP contribution in [0.1, 0.15) is 70.0 Å². The highest BCUT2D eigenvalue weighted by atomic mass is 16.5. The zero-order chi connectivity index (χ0) is 20.5. The number of hydrogen-bond donors (Lipinski definition) is 1. The zero-order valence-corrected chi connectivity index (χ0v) is 18.1. The maximum atomic E-state index is 11.1. The molecule has 1 aliphatic heterocycles. The Labute approximate surface area is 169 Å². The molecule has 4 heteroatoms. The van der Waals surface area contributed by atoms with Crippen LogP contribution in [0.2, 0.25) is 0 Å². The van der Waals surface area contributed by atoms with E-state index in [9.17, 15) is 5.11 Å². The van der Waals surface area contributed by atoms with Gasteiger partial charge in [-0.25, -0.2) is 0 Å². The Morgan fingerprint density at radius 2 is 1.54 bits per heavy atom. The predicted molar refractivity (Wildman–Crippen MR) is 114 cm³/mol. The van der Waals surface area contributed by atoms with Gasteiger partial charge >= 0.3 is 0 Å². The number of hydrogen-bond acceptors (Lipinski definition) is 4.